The number of rotatable bonds is 2. The van der Waals surface area contributed by atoms with Crippen molar-refractivity contribution >= 4 is 0 Å². The van der Waals surface area contributed by atoms with Crippen LogP contribution in [0.1, 0.15) is 47.5 Å². The second-order valence-electron chi connectivity index (χ2n) is 3.55. The molecule has 0 aliphatic carbocycles. The molecule has 1 heterocycles. The van der Waals surface area contributed by atoms with Gasteiger partial charge in [0.2, 0.25) is 0 Å². The van der Waals surface area contributed by atoms with Crippen LogP contribution in [0.25, 0.3) is 0 Å². The van der Waals surface area contributed by atoms with Gasteiger partial charge >= 0.3 is 0 Å². The molecular weight excluding hydrogens is 209 g/mol. The molecule has 0 aromatic carbocycles. The number of hydrogen-bond acceptors (Lipinski definition) is 3. The summed E-state index contributed by atoms with van der Waals surface area (Å²) in [5.41, 5.74) is 0. The zero-order chi connectivity index (χ0) is 13.1. The molecule has 3 atom stereocenters. The Bertz CT molecular complexity index is 145. The molecule has 0 spiro atoms. The molecule has 0 aromatic heterocycles. The van der Waals surface area contributed by atoms with E-state index in [0.717, 1.165) is 6.42 Å². The van der Waals surface area contributed by atoms with E-state index in [9.17, 15) is 4.53 Å². The zero-order valence-electron chi connectivity index (χ0n) is 11.8. The maximum absolute atomic E-state index is 11.8. The van der Waals surface area contributed by atoms with Gasteiger partial charge in [-0.05, 0) is 32.0 Å². The van der Waals surface area contributed by atoms with Gasteiger partial charge in [0, 0.05) is 12.5 Å². The third-order valence-corrected chi connectivity index (χ3v) is 2.28. The van der Waals surface area contributed by atoms with Crippen molar-refractivity contribution in [2.75, 3.05) is 14.1 Å². The third kappa shape index (κ3) is 7.14. The first-order valence-corrected chi connectivity index (χ1v) is 6.22. The molecule has 0 saturated carbocycles. The third-order valence-electron chi connectivity index (χ3n) is 2.28. The topological polar surface area (TPSA) is 21.7 Å². The summed E-state index contributed by atoms with van der Waals surface area (Å²) in [6, 6.07) is 0.356. The van der Waals surface area contributed by atoms with Gasteiger partial charge < -0.3 is 9.64 Å². The van der Waals surface area contributed by atoms with Crippen molar-refractivity contribution in [2.45, 2.75) is 65.9 Å². The van der Waals surface area contributed by atoms with Crippen molar-refractivity contribution in [3.63, 3.8) is 0 Å². The maximum Gasteiger partial charge on any atom is 0.198 e. The summed E-state index contributed by atoms with van der Waals surface area (Å²) < 4.78 is 17.0. The Hall–Kier alpha value is -0.190. The highest BCUT2D eigenvalue weighted by Gasteiger charge is 2.29. The van der Waals surface area contributed by atoms with E-state index in [2.05, 4.69) is 9.84 Å². The highest BCUT2D eigenvalue weighted by atomic mass is 19.3. The minimum atomic E-state index is -0.679. The molecule has 0 radical (unpaired) electrons. The standard InChI is InChI=1S/C8H16FNO2.2C2H6/c1-6-4-7(10(2)3)5-8(11-6)12-9;2*1-2/h6-8H,4-5H2,1-3H3;2*1-2H3. The molecular formula is C12H28FNO2. The van der Waals surface area contributed by atoms with Crippen LogP contribution in [-0.4, -0.2) is 37.4 Å². The van der Waals surface area contributed by atoms with Crippen LogP contribution in [-0.2, 0) is 9.68 Å². The number of hydrogen-bond donors (Lipinski definition) is 0. The zero-order valence-corrected chi connectivity index (χ0v) is 11.8. The predicted molar refractivity (Wildman–Crippen MR) is 65.9 cm³/mol. The van der Waals surface area contributed by atoms with E-state index in [1.807, 2.05) is 48.7 Å². The van der Waals surface area contributed by atoms with Crippen LogP contribution in [0.4, 0.5) is 4.53 Å². The molecule has 3 nitrogen and oxygen atoms in total. The molecule has 4 heteroatoms. The van der Waals surface area contributed by atoms with Crippen LogP contribution in [0, 0.1) is 0 Å². The summed E-state index contributed by atoms with van der Waals surface area (Å²) in [4.78, 5) is 5.77. The van der Waals surface area contributed by atoms with Gasteiger partial charge in [-0.3, -0.25) is 0 Å². The molecule has 3 unspecified atom stereocenters. The van der Waals surface area contributed by atoms with Crippen LogP contribution in [0.5, 0.6) is 0 Å². The summed E-state index contributed by atoms with van der Waals surface area (Å²) in [6.45, 7) is 9.93. The lowest BCUT2D eigenvalue weighted by Gasteiger charge is -2.34. The lowest BCUT2D eigenvalue weighted by molar-refractivity contribution is -0.304. The van der Waals surface area contributed by atoms with Gasteiger partial charge in [-0.25, -0.2) is 0 Å². The molecule has 1 fully saturated rings. The molecule has 0 aromatic rings. The molecule has 1 aliphatic rings. The van der Waals surface area contributed by atoms with Crippen LogP contribution in [0.2, 0.25) is 0 Å². The van der Waals surface area contributed by atoms with Crippen LogP contribution in [0.15, 0.2) is 0 Å². The van der Waals surface area contributed by atoms with Gasteiger partial charge in [0.15, 0.2) is 6.29 Å². The Kier molecular flexibility index (Phi) is 12.8. The van der Waals surface area contributed by atoms with Gasteiger partial charge in [-0.15, -0.1) is 0 Å². The Balaban J connectivity index is 0. The largest absolute Gasteiger partial charge is 0.346 e. The summed E-state index contributed by atoms with van der Waals surface area (Å²) in [7, 11) is 3.97. The van der Waals surface area contributed by atoms with Gasteiger partial charge in [-0.1, -0.05) is 27.7 Å². The van der Waals surface area contributed by atoms with Crippen molar-refractivity contribution in [1.82, 2.24) is 4.90 Å². The summed E-state index contributed by atoms with van der Waals surface area (Å²) in [5.74, 6) is 0. The highest BCUT2D eigenvalue weighted by molar-refractivity contribution is 4.76. The van der Waals surface area contributed by atoms with Crippen LogP contribution < -0.4 is 0 Å². The van der Waals surface area contributed by atoms with Crippen molar-refractivity contribution < 1.29 is 14.2 Å². The summed E-state index contributed by atoms with van der Waals surface area (Å²) >= 11 is 0. The van der Waals surface area contributed by atoms with E-state index < -0.39 is 6.29 Å². The van der Waals surface area contributed by atoms with E-state index in [-0.39, 0.29) is 6.10 Å². The first-order chi connectivity index (χ1) is 7.63. The summed E-state index contributed by atoms with van der Waals surface area (Å²) in [5, 5.41) is 0. The normalized spacial score (nSPS) is 28.7. The number of ether oxygens (including phenoxy) is 1. The monoisotopic (exact) mass is 237 g/mol. The van der Waals surface area contributed by atoms with Gasteiger partial charge in [0.05, 0.1) is 6.10 Å². The number of nitrogens with zero attached hydrogens (tertiary/aromatic N) is 1. The first kappa shape index (κ1) is 18.2. The maximum atomic E-state index is 11.8. The second kappa shape index (κ2) is 11.3. The van der Waals surface area contributed by atoms with Crippen LogP contribution in [0.3, 0.4) is 0 Å². The minimum absolute atomic E-state index is 0.0758. The van der Waals surface area contributed by atoms with E-state index in [1.54, 1.807) is 0 Å². The van der Waals surface area contributed by atoms with E-state index >= 15 is 0 Å². The van der Waals surface area contributed by atoms with Crippen molar-refractivity contribution in [3.8, 4) is 0 Å². The lowest BCUT2D eigenvalue weighted by atomic mass is 10.0. The fraction of sp³-hybridized carbons (Fsp3) is 1.00. The molecule has 1 saturated heterocycles. The van der Waals surface area contributed by atoms with Gasteiger partial charge in [0.1, 0.15) is 0 Å². The van der Waals surface area contributed by atoms with E-state index in [4.69, 9.17) is 4.74 Å². The molecule has 16 heavy (non-hydrogen) atoms. The van der Waals surface area contributed by atoms with Crippen molar-refractivity contribution in [2.24, 2.45) is 0 Å². The molecule has 100 valence electrons. The molecule has 0 amide bonds. The van der Waals surface area contributed by atoms with E-state index in [1.165, 1.54) is 0 Å². The van der Waals surface area contributed by atoms with Crippen molar-refractivity contribution in [1.29, 1.82) is 0 Å². The van der Waals surface area contributed by atoms with Gasteiger partial charge in [0.25, 0.3) is 0 Å². The minimum Gasteiger partial charge on any atom is -0.346 e. The lowest BCUT2D eigenvalue weighted by Crippen LogP contribution is -2.41. The number of halogens is 1. The molecule has 1 aliphatic heterocycles. The smallest absolute Gasteiger partial charge is 0.198 e. The molecule has 0 bridgehead atoms. The van der Waals surface area contributed by atoms with E-state index in [0.29, 0.717) is 12.5 Å². The summed E-state index contributed by atoms with van der Waals surface area (Å²) in [6.07, 6.45) is 0.939. The van der Waals surface area contributed by atoms with Gasteiger partial charge in [-0.2, -0.15) is 4.94 Å². The quantitative estimate of drug-likeness (QED) is 0.734. The highest BCUT2D eigenvalue weighted by Crippen LogP contribution is 2.22. The SMILES string of the molecule is CC.CC.CC1CC(N(C)C)CC(OF)O1. The Labute approximate surface area is 99.8 Å². The van der Waals surface area contributed by atoms with Crippen LogP contribution >= 0.6 is 0 Å². The fourth-order valence-electron chi connectivity index (χ4n) is 1.55. The second-order valence-corrected chi connectivity index (χ2v) is 3.55. The van der Waals surface area contributed by atoms with Crippen molar-refractivity contribution in [3.05, 3.63) is 0 Å². The predicted octanol–water partition coefficient (Wildman–Crippen LogP) is 3.40. The Morgan fingerprint density at radius 1 is 1.12 bits per heavy atom. The Morgan fingerprint density at radius 2 is 1.62 bits per heavy atom. The fourth-order valence-corrected chi connectivity index (χ4v) is 1.55. The average Bonchev–Trinajstić information content (AvgIpc) is 2.33. The Morgan fingerprint density at radius 3 is 2.00 bits per heavy atom. The first-order valence-electron chi connectivity index (χ1n) is 6.22. The molecule has 0 N–H and O–H groups in total. The average molecular weight is 237 g/mol. The molecule has 1 rings (SSSR count).